The summed E-state index contributed by atoms with van der Waals surface area (Å²) in [5.41, 5.74) is 3.74. The van der Waals surface area contributed by atoms with Crippen molar-refractivity contribution < 1.29 is 18.7 Å². The zero-order chi connectivity index (χ0) is 24.1. The van der Waals surface area contributed by atoms with E-state index in [0.29, 0.717) is 24.4 Å². The van der Waals surface area contributed by atoms with Crippen LogP contribution in [0.2, 0.25) is 0 Å². The molecule has 3 aromatic rings. The molecule has 0 fully saturated rings. The Bertz CT molecular complexity index is 1150. The number of carbonyl (C=O) groups is 2. The molecule has 176 valence electrons. The normalized spacial score (nSPS) is 15.1. The molecule has 0 saturated heterocycles. The SMILES string of the molecule is CC(C)CC(=O)N1CCc2ccc(OCC(=O)Nc3ccc(F)cc3)cc2C1c1ccccc1. The number of rotatable bonds is 7. The van der Waals surface area contributed by atoms with Crippen LogP contribution in [0.15, 0.2) is 72.8 Å². The van der Waals surface area contributed by atoms with Gasteiger partial charge < -0.3 is 15.0 Å². The number of halogens is 1. The zero-order valence-corrected chi connectivity index (χ0v) is 19.5. The summed E-state index contributed by atoms with van der Waals surface area (Å²) >= 11 is 0. The van der Waals surface area contributed by atoms with Crippen LogP contribution in [0.4, 0.5) is 10.1 Å². The number of fused-ring (bicyclic) bond motifs is 1. The number of benzene rings is 3. The van der Waals surface area contributed by atoms with E-state index in [9.17, 15) is 14.0 Å². The van der Waals surface area contributed by atoms with Crippen molar-refractivity contribution in [2.75, 3.05) is 18.5 Å². The molecular weight excluding hydrogens is 431 g/mol. The van der Waals surface area contributed by atoms with Crippen LogP contribution >= 0.6 is 0 Å². The summed E-state index contributed by atoms with van der Waals surface area (Å²) in [6.07, 6.45) is 1.27. The molecule has 1 unspecified atom stereocenters. The maximum Gasteiger partial charge on any atom is 0.262 e. The summed E-state index contributed by atoms with van der Waals surface area (Å²) in [6.45, 7) is 4.59. The molecule has 1 atom stereocenters. The van der Waals surface area contributed by atoms with Crippen molar-refractivity contribution in [2.45, 2.75) is 32.7 Å². The van der Waals surface area contributed by atoms with Gasteiger partial charge >= 0.3 is 0 Å². The average molecular weight is 461 g/mol. The lowest BCUT2D eigenvalue weighted by Crippen LogP contribution is -2.41. The van der Waals surface area contributed by atoms with Crippen LogP contribution in [-0.2, 0) is 16.0 Å². The van der Waals surface area contributed by atoms with Gasteiger partial charge in [-0.1, -0.05) is 50.2 Å². The van der Waals surface area contributed by atoms with Crippen molar-refractivity contribution in [3.63, 3.8) is 0 Å². The van der Waals surface area contributed by atoms with Crippen LogP contribution in [0.3, 0.4) is 0 Å². The monoisotopic (exact) mass is 460 g/mol. The second kappa shape index (κ2) is 10.5. The first kappa shape index (κ1) is 23.5. The third kappa shape index (κ3) is 5.63. The Kier molecular flexibility index (Phi) is 7.26. The molecule has 1 aliphatic heterocycles. The minimum Gasteiger partial charge on any atom is -0.484 e. The number of ether oxygens (including phenoxy) is 1. The Labute approximate surface area is 199 Å². The third-order valence-electron chi connectivity index (χ3n) is 5.86. The van der Waals surface area contributed by atoms with Gasteiger partial charge in [-0.05, 0) is 65.4 Å². The maximum absolute atomic E-state index is 13.1. The molecule has 34 heavy (non-hydrogen) atoms. The van der Waals surface area contributed by atoms with E-state index in [1.807, 2.05) is 53.4 Å². The highest BCUT2D eigenvalue weighted by atomic mass is 19.1. The molecule has 1 N–H and O–H groups in total. The number of hydrogen-bond donors (Lipinski definition) is 1. The highest BCUT2D eigenvalue weighted by Gasteiger charge is 2.32. The maximum atomic E-state index is 13.1. The first-order chi connectivity index (χ1) is 16.4. The zero-order valence-electron chi connectivity index (χ0n) is 19.5. The van der Waals surface area contributed by atoms with Crippen molar-refractivity contribution in [1.82, 2.24) is 4.90 Å². The summed E-state index contributed by atoms with van der Waals surface area (Å²) in [6, 6.07) is 21.2. The summed E-state index contributed by atoms with van der Waals surface area (Å²) in [5, 5.41) is 2.69. The van der Waals surface area contributed by atoms with Gasteiger partial charge in [0.05, 0.1) is 6.04 Å². The predicted octanol–water partition coefficient (Wildman–Crippen LogP) is 5.36. The number of anilines is 1. The Balaban J connectivity index is 1.54. The quantitative estimate of drug-likeness (QED) is 0.516. The van der Waals surface area contributed by atoms with Gasteiger partial charge in [0, 0.05) is 18.7 Å². The number of amides is 2. The number of carbonyl (C=O) groups excluding carboxylic acids is 2. The number of hydrogen-bond acceptors (Lipinski definition) is 3. The lowest BCUT2D eigenvalue weighted by Gasteiger charge is -2.38. The van der Waals surface area contributed by atoms with E-state index < -0.39 is 0 Å². The highest BCUT2D eigenvalue weighted by Crippen LogP contribution is 2.37. The lowest BCUT2D eigenvalue weighted by atomic mass is 9.87. The lowest BCUT2D eigenvalue weighted by molar-refractivity contribution is -0.134. The van der Waals surface area contributed by atoms with Gasteiger partial charge in [-0.25, -0.2) is 4.39 Å². The molecule has 0 aliphatic carbocycles. The van der Waals surface area contributed by atoms with E-state index in [2.05, 4.69) is 19.2 Å². The fourth-order valence-corrected chi connectivity index (χ4v) is 4.29. The molecular formula is C28H29FN2O3. The average Bonchev–Trinajstić information content (AvgIpc) is 2.83. The molecule has 4 rings (SSSR count). The Morgan fingerprint density at radius 1 is 1.06 bits per heavy atom. The van der Waals surface area contributed by atoms with E-state index in [1.54, 1.807) is 0 Å². The van der Waals surface area contributed by atoms with E-state index in [0.717, 1.165) is 17.5 Å². The van der Waals surface area contributed by atoms with Crippen LogP contribution in [0, 0.1) is 11.7 Å². The van der Waals surface area contributed by atoms with Crippen LogP contribution in [-0.4, -0.2) is 29.9 Å². The van der Waals surface area contributed by atoms with Gasteiger partial charge in [0.25, 0.3) is 5.91 Å². The second-order valence-electron chi connectivity index (χ2n) is 8.95. The topological polar surface area (TPSA) is 58.6 Å². The molecule has 0 aromatic heterocycles. The van der Waals surface area contributed by atoms with Crippen LogP contribution in [0.25, 0.3) is 0 Å². The van der Waals surface area contributed by atoms with Crippen molar-refractivity contribution in [3.05, 3.63) is 95.3 Å². The Hall–Kier alpha value is -3.67. The number of nitrogens with zero attached hydrogens (tertiary/aromatic N) is 1. The largest absolute Gasteiger partial charge is 0.484 e. The second-order valence-corrected chi connectivity index (χ2v) is 8.95. The van der Waals surface area contributed by atoms with Gasteiger partial charge in [-0.3, -0.25) is 9.59 Å². The number of nitrogens with one attached hydrogen (secondary N) is 1. The minimum absolute atomic E-state index is 0.138. The van der Waals surface area contributed by atoms with Crippen molar-refractivity contribution >= 4 is 17.5 Å². The molecule has 5 nitrogen and oxygen atoms in total. The smallest absolute Gasteiger partial charge is 0.262 e. The molecule has 2 amide bonds. The molecule has 0 spiro atoms. The van der Waals surface area contributed by atoms with Crippen LogP contribution < -0.4 is 10.1 Å². The molecule has 1 heterocycles. The summed E-state index contributed by atoms with van der Waals surface area (Å²) < 4.78 is 18.8. The summed E-state index contributed by atoms with van der Waals surface area (Å²) in [4.78, 5) is 27.4. The van der Waals surface area contributed by atoms with Crippen LogP contribution in [0.1, 0.15) is 43.0 Å². The van der Waals surface area contributed by atoms with E-state index in [1.165, 1.54) is 29.8 Å². The molecule has 0 radical (unpaired) electrons. The Morgan fingerprint density at radius 3 is 2.50 bits per heavy atom. The van der Waals surface area contributed by atoms with Gasteiger partial charge in [-0.15, -0.1) is 0 Å². The molecule has 1 aliphatic rings. The van der Waals surface area contributed by atoms with Gasteiger partial charge in [0.2, 0.25) is 5.91 Å². The van der Waals surface area contributed by atoms with E-state index in [-0.39, 0.29) is 36.2 Å². The highest BCUT2D eigenvalue weighted by molar-refractivity contribution is 5.91. The van der Waals surface area contributed by atoms with Crippen molar-refractivity contribution in [3.8, 4) is 5.75 Å². The minimum atomic E-state index is -0.364. The molecule has 0 saturated carbocycles. The van der Waals surface area contributed by atoms with Gasteiger partial charge in [0.15, 0.2) is 6.61 Å². The third-order valence-corrected chi connectivity index (χ3v) is 5.86. The molecule has 3 aromatic carbocycles. The molecule has 0 bridgehead atoms. The Morgan fingerprint density at radius 2 is 1.79 bits per heavy atom. The van der Waals surface area contributed by atoms with E-state index in [4.69, 9.17) is 4.74 Å². The fraction of sp³-hybridized carbons (Fsp3) is 0.286. The van der Waals surface area contributed by atoms with Gasteiger partial charge in [-0.2, -0.15) is 0 Å². The molecule has 6 heteroatoms. The fourth-order valence-electron chi connectivity index (χ4n) is 4.29. The van der Waals surface area contributed by atoms with E-state index >= 15 is 0 Å². The summed E-state index contributed by atoms with van der Waals surface area (Å²) in [5.74, 6) is 0.279. The predicted molar refractivity (Wildman–Crippen MR) is 130 cm³/mol. The standard InChI is InChI=1S/C28H29FN2O3/c1-19(2)16-27(33)31-15-14-20-8-13-24(17-25(20)28(31)21-6-4-3-5-7-21)34-18-26(32)30-23-11-9-22(29)10-12-23/h3-13,17,19,28H,14-16,18H2,1-2H3,(H,30,32). The van der Waals surface area contributed by atoms with Crippen molar-refractivity contribution in [1.29, 1.82) is 0 Å². The van der Waals surface area contributed by atoms with Crippen LogP contribution in [0.5, 0.6) is 5.75 Å². The first-order valence-electron chi connectivity index (χ1n) is 11.6. The van der Waals surface area contributed by atoms with Gasteiger partial charge in [0.1, 0.15) is 11.6 Å². The van der Waals surface area contributed by atoms with Crippen molar-refractivity contribution in [2.24, 2.45) is 5.92 Å². The first-order valence-corrected chi connectivity index (χ1v) is 11.6. The summed E-state index contributed by atoms with van der Waals surface area (Å²) in [7, 11) is 0.